The van der Waals surface area contributed by atoms with Gasteiger partial charge in [-0.2, -0.15) is 5.10 Å². The van der Waals surface area contributed by atoms with Crippen LogP contribution in [0, 0.1) is 6.92 Å². The highest BCUT2D eigenvalue weighted by Crippen LogP contribution is 2.15. The van der Waals surface area contributed by atoms with Crippen LogP contribution in [0.4, 0.5) is 0 Å². The van der Waals surface area contributed by atoms with Crippen molar-refractivity contribution in [3.8, 4) is 0 Å². The monoisotopic (exact) mass is 217 g/mol. The van der Waals surface area contributed by atoms with Crippen LogP contribution in [-0.2, 0) is 13.5 Å². The van der Waals surface area contributed by atoms with Crippen LogP contribution in [-0.4, -0.2) is 19.9 Å². The smallest absolute Gasteiger partial charge is 0.102 e. The molecule has 84 valence electrons. The van der Waals surface area contributed by atoms with E-state index >= 15 is 0 Å². The Kier molecular flexibility index (Phi) is 3.01. The Balaban J connectivity index is 2.08. The van der Waals surface area contributed by atoms with Crippen molar-refractivity contribution in [3.63, 3.8) is 0 Å². The van der Waals surface area contributed by atoms with E-state index in [9.17, 15) is 5.11 Å². The Morgan fingerprint density at radius 2 is 2.19 bits per heavy atom. The van der Waals surface area contributed by atoms with Gasteiger partial charge >= 0.3 is 0 Å². The molecule has 0 saturated carbocycles. The maximum Gasteiger partial charge on any atom is 0.102 e. The van der Waals surface area contributed by atoms with Gasteiger partial charge in [-0.3, -0.25) is 9.67 Å². The lowest BCUT2D eigenvalue weighted by Gasteiger charge is -2.08. The molecule has 16 heavy (non-hydrogen) atoms. The lowest BCUT2D eigenvalue weighted by molar-refractivity contribution is 0.172. The van der Waals surface area contributed by atoms with E-state index in [-0.39, 0.29) is 0 Å². The van der Waals surface area contributed by atoms with Crippen LogP contribution < -0.4 is 0 Å². The zero-order valence-electron chi connectivity index (χ0n) is 9.46. The minimum Gasteiger partial charge on any atom is -0.386 e. The summed E-state index contributed by atoms with van der Waals surface area (Å²) >= 11 is 0. The molecule has 4 nitrogen and oxygen atoms in total. The molecule has 0 saturated heterocycles. The number of pyridine rings is 1. The summed E-state index contributed by atoms with van der Waals surface area (Å²) in [6, 6.07) is 5.70. The molecule has 0 aliphatic rings. The normalized spacial score (nSPS) is 12.7. The van der Waals surface area contributed by atoms with Crippen LogP contribution >= 0.6 is 0 Å². The second-order valence-electron chi connectivity index (χ2n) is 3.96. The van der Waals surface area contributed by atoms with Gasteiger partial charge in [0.15, 0.2) is 0 Å². The highest BCUT2D eigenvalue weighted by atomic mass is 16.3. The van der Waals surface area contributed by atoms with Crippen LogP contribution in [0.2, 0.25) is 0 Å². The van der Waals surface area contributed by atoms with Gasteiger partial charge in [0.2, 0.25) is 0 Å². The third-order valence-corrected chi connectivity index (χ3v) is 2.45. The molecular formula is C12H15N3O. The predicted octanol–water partition coefficient (Wildman–Crippen LogP) is 1.40. The molecule has 0 aliphatic heterocycles. The molecule has 0 aromatic carbocycles. The quantitative estimate of drug-likeness (QED) is 0.845. The molecule has 1 atom stereocenters. The average molecular weight is 217 g/mol. The number of aryl methyl sites for hydroxylation is 2. The lowest BCUT2D eigenvalue weighted by Crippen LogP contribution is -2.05. The summed E-state index contributed by atoms with van der Waals surface area (Å²) in [5, 5.41) is 14.2. The summed E-state index contributed by atoms with van der Waals surface area (Å²) < 4.78 is 1.73. The second kappa shape index (κ2) is 4.45. The van der Waals surface area contributed by atoms with Crippen molar-refractivity contribution in [1.82, 2.24) is 14.8 Å². The topological polar surface area (TPSA) is 50.9 Å². The van der Waals surface area contributed by atoms with Crippen molar-refractivity contribution < 1.29 is 5.11 Å². The summed E-state index contributed by atoms with van der Waals surface area (Å²) in [5.74, 6) is 0. The molecule has 1 N–H and O–H groups in total. The fourth-order valence-corrected chi connectivity index (χ4v) is 1.55. The summed E-state index contributed by atoms with van der Waals surface area (Å²) in [6.45, 7) is 1.97. The van der Waals surface area contributed by atoms with Gasteiger partial charge in [-0.25, -0.2) is 0 Å². The standard InChI is InChI=1S/C12H15N3O/c1-9-3-4-11(13-8-9)12(16)7-10-5-6-15(2)14-10/h3-6,8,12,16H,7H2,1-2H3. The lowest BCUT2D eigenvalue weighted by atomic mass is 10.1. The van der Waals surface area contributed by atoms with Crippen molar-refractivity contribution in [2.75, 3.05) is 0 Å². The Morgan fingerprint density at radius 1 is 1.38 bits per heavy atom. The van der Waals surface area contributed by atoms with Gasteiger partial charge in [0.25, 0.3) is 0 Å². The summed E-state index contributed by atoms with van der Waals surface area (Å²) in [4.78, 5) is 4.20. The van der Waals surface area contributed by atoms with Crippen LogP contribution in [0.25, 0.3) is 0 Å². The molecule has 0 radical (unpaired) electrons. The molecule has 1 unspecified atom stereocenters. The van der Waals surface area contributed by atoms with Crippen molar-refractivity contribution in [2.24, 2.45) is 7.05 Å². The van der Waals surface area contributed by atoms with Gasteiger partial charge in [-0.1, -0.05) is 6.07 Å². The second-order valence-corrected chi connectivity index (χ2v) is 3.96. The van der Waals surface area contributed by atoms with Crippen molar-refractivity contribution >= 4 is 0 Å². The summed E-state index contributed by atoms with van der Waals surface area (Å²) in [5.41, 5.74) is 2.66. The molecule has 2 rings (SSSR count). The van der Waals surface area contributed by atoms with Gasteiger partial charge < -0.3 is 5.11 Å². The molecule has 0 aliphatic carbocycles. The van der Waals surface area contributed by atoms with Gasteiger partial charge in [0.05, 0.1) is 11.4 Å². The average Bonchev–Trinajstić information content (AvgIpc) is 2.65. The van der Waals surface area contributed by atoms with Gasteiger partial charge in [0.1, 0.15) is 6.10 Å². The molecule has 0 spiro atoms. The van der Waals surface area contributed by atoms with Crippen molar-refractivity contribution in [2.45, 2.75) is 19.4 Å². The number of hydrogen-bond acceptors (Lipinski definition) is 3. The zero-order chi connectivity index (χ0) is 11.5. The molecular weight excluding hydrogens is 202 g/mol. The van der Waals surface area contributed by atoms with E-state index in [0.29, 0.717) is 12.1 Å². The van der Waals surface area contributed by atoms with Crippen LogP contribution in [0.5, 0.6) is 0 Å². The van der Waals surface area contributed by atoms with Crippen LogP contribution in [0.3, 0.4) is 0 Å². The minimum atomic E-state index is -0.588. The largest absolute Gasteiger partial charge is 0.386 e. The van der Waals surface area contributed by atoms with E-state index < -0.39 is 6.10 Å². The van der Waals surface area contributed by atoms with Crippen LogP contribution in [0.15, 0.2) is 30.6 Å². The highest BCUT2D eigenvalue weighted by molar-refractivity contribution is 5.15. The number of aliphatic hydroxyl groups excluding tert-OH is 1. The predicted molar refractivity (Wildman–Crippen MR) is 60.8 cm³/mol. The van der Waals surface area contributed by atoms with Gasteiger partial charge in [0, 0.05) is 25.9 Å². The van der Waals surface area contributed by atoms with E-state index in [1.165, 1.54) is 0 Å². The van der Waals surface area contributed by atoms with Crippen molar-refractivity contribution in [3.05, 3.63) is 47.5 Å². The summed E-state index contributed by atoms with van der Waals surface area (Å²) in [6.07, 6.45) is 3.54. The number of rotatable bonds is 3. The number of hydrogen-bond donors (Lipinski definition) is 1. The zero-order valence-corrected chi connectivity index (χ0v) is 9.46. The molecule has 0 fully saturated rings. The fraction of sp³-hybridized carbons (Fsp3) is 0.333. The third kappa shape index (κ3) is 2.46. The molecule has 0 bridgehead atoms. The maximum absolute atomic E-state index is 9.96. The Labute approximate surface area is 94.6 Å². The molecule has 4 heteroatoms. The fourth-order valence-electron chi connectivity index (χ4n) is 1.55. The van der Waals surface area contributed by atoms with Crippen molar-refractivity contribution in [1.29, 1.82) is 0 Å². The first-order valence-corrected chi connectivity index (χ1v) is 5.24. The van der Waals surface area contributed by atoms with Crippen LogP contribution in [0.1, 0.15) is 23.1 Å². The first-order valence-electron chi connectivity index (χ1n) is 5.24. The van der Waals surface area contributed by atoms with E-state index in [1.807, 2.05) is 38.4 Å². The highest BCUT2D eigenvalue weighted by Gasteiger charge is 2.11. The Morgan fingerprint density at radius 3 is 2.75 bits per heavy atom. The van der Waals surface area contributed by atoms with Gasteiger partial charge in [-0.05, 0) is 24.6 Å². The molecule has 2 aromatic rings. The van der Waals surface area contributed by atoms with E-state index in [2.05, 4.69) is 10.1 Å². The Hall–Kier alpha value is -1.68. The first-order chi connectivity index (χ1) is 7.65. The number of aliphatic hydroxyl groups is 1. The SMILES string of the molecule is Cc1ccc(C(O)Cc2ccn(C)n2)nc1. The van der Waals surface area contributed by atoms with E-state index in [1.54, 1.807) is 10.9 Å². The van der Waals surface area contributed by atoms with E-state index in [0.717, 1.165) is 11.3 Å². The molecule has 2 aromatic heterocycles. The maximum atomic E-state index is 9.96. The van der Waals surface area contributed by atoms with Gasteiger partial charge in [-0.15, -0.1) is 0 Å². The first kappa shape index (κ1) is 10.8. The Bertz CT molecular complexity index is 461. The number of aromatic nitrogens is 3. The number of nitrogens with zero attached hydrogens (tertiary/aromatic N) is 3. The van der Waals surface area contributed by atoms with E-state index in [4.69, 9.17) is 0 Å². The molecule has 2 heterocycles. The third-order valence-electron chi connectivity index (χ3n) is 2.45. The summed E-state index contributed by atoms with van der Waals surface area (Å²) in [7, 11) is 1.86. The molecule has 0 amide bonds. The minimum absolute atomic E-state index is 0.497.